The maximum absolute atomic E-state index is 8.65. The molecule has 0 atom stereocenters. The van der Waals surface area contributed by atoms with Crippen molar-refractivity contribution in [1.29, 1.82) is 0 Å². The zero-order chi connectivity index (χ0) is 11.2. The van der Waals surface area contributed by atoms with E-state index in [1.807, 2.05) is 12.1 Å². The summed E-state index contributed by atoms with van der Waals surface area (Å²) in [5.41, 5.74) is 1.45. The van der Waals surface area contributed by atoms with Gasteiger partial charge in [-0.1, -0.05) is 25.0 Å². The highest BCUT2D eigenvalue weighted by molar-refractivity contribution is 5.29. The summed E-state index contributed by atoms with van der Waals surface area (Å²) in [5, 5.41) is 8.65. The summed E-state index contributed by atoms with van der Waals surface area (Å²) in [6.07, 6.45) is 6.12. The summed E-state index contributed by atoms with van der Waals surface area (Å²) in [6.45, 7) is 0.791. The van der Waals surface area contributed by atoms with Gasteiger partial charge in [0.05, 0.1) is 6.61 Å². The van der Waals surface area contributed by atoms with Crippen LogP contribution in [0.1, 0.15) is 43.6 Å². The standard InChI is InChI=1S/C14H20O2/c15-10-3-11-16-14-8-6-13(7-9-14)12-4-1-2-5-12/h6-9,12,15H,1-5,10-11H2. The largest absolute Gasteiger partial charge is 0.494 e. The highest BCUT2D eigenvalue weighted by Crippen LogP contribution is 2.34. The molecule has 0 aliphatic heterocycles. The SMILES string of the molecule is OCCCOc1ccc(C2CCCC2)cc1. The molecule has 0 bridgehead atoms. The number of aliphatic hydroxyl groups is 1. The summed E-state index contributed by atoms with van der Waals surface area (Å²) in [7, 11) is 0. The average Bonchev–Trinajstić information content (AvgIpc) is 2.84. The normalized spacial score (nSPS) is 16.6. The molecule has 0 radical (unpaired) electrons. The average molecular weight is 220 g/mol. The summed E-state index contributed by atoms with van der Waals surface area (Å²) in [6, 6.07) is 8.46. The fourth-order valence-corrected chi connectivity index (χ4v) is 2.35. The first-order chi connectivity index (χ1) is 7.90. The zero-order valence-electron chi connectivity index (χ0n) is 9.69. The van der Waals surface area contributed by atoms with Gasteiger partial charge in [-0.2, -0.15) is 0 Å². The Labute approximate surface area is 97.3 Å². The van der Waals surface area contributed by atoms with E-state index in [2.05, 4.69) is 12.1 Å². The van der Waals surface area contributed by atoms with E-state index in [4.69, 9.17) is 9.84 Å². The van der Waals surface area contributed by atoms with Gasteiger partial charge in [-0.05, 0) is 36.5 Å². The molecule has 1 saturated carbocycles. The van der Waals surface area contributed by atoms with Gasteiger partial charge in [-0.15, -0.1) is 0 Å². The van der Waals surface area contributed by atoms with Crippen LogP contribution in [-0.4, -0.2) is 18.3 Å². The summed E-state index contributed by atoms with van der Waals surface area (Å²) in [4.78, 5) is 0. The van der Waals surface area contributed by atoms with Crippen molar-refractivity contribution < 1.29 is 9.84 Å². The van der Waals surface area contributed by atoms with Gasteiger partial charge in [0.15, 0.2) is 0 Å². The molecule has 2 nitrogen and oxygen atoms in total. The minimum absolute atomic E-state index is 0.195. The molecule has 2 rings (SSSR count). The van der Waals surface area contributed by atoms with Gasteiger partial charge in [0.1, 0.15) is 5.75 Å². The molecular weight excluding hydrogens is 200 g/mol. The van der Waals surface area contributed by atoms with Crippen molar-refractivity contribution in [2.24, 2.45) is 0 Å². The predicted molar refractivity (Wildman–Crippen MR) is 64.8 cm³/mol. The molecule has 1 aliphatic rings. The van der Waals surface area contributed by atoms with Gasteiger partial charge < -0.3 is 9.84 Å². The van der Waals surface area contributed by atoms with Crippen LogP contribution in [0.5, 0.6) is 5.75 Å². The molecule has 1 fully saturated rings. The smallest absolute Gasteiger partial charge is 0.119 e. The van der Waals surface area contributed by atoms with Crippen LogP contribution in [-0.2, 0) is 0 Å². The third kappa shape index (κ3) is 2.99. The van der Waals surface area contributed by atoms with Crippen LogP contribution in [0.25, 0.3) is 0 Å². The highest BCUT2D eigenvalue weighted by Gasteiger charge is 2.16. The highest BCUT2D eigenvalue weighted by atomic mass is 16.5. The van der Waals surface area contributed by atoms with Crippen molar-refractivity contribution >= 4 is 0 Å². The van der Waals surface area contributed by atoms with Gasteiger partial charge in [0, 0.05) is 13.0 Å². The first kappa shape index (κ1) is 11.5. The van der Waals surface area contributed by atoms with Crippen LogP contribution < -0.4 is 4.74 Å². The Balaban J connectivity index is 1.88. The maximum atomic E-state index is 8.65. The van der Waals surface area contributed by atoms with E-state index in [0.29, 0.717) is 13.0 Å². The van der Waals surface area contributed by atoms with E-state index in [9.17, 15) is 0 Å². The third-order valence-electron chi connectivity index (χ3n) is 3.28. The predicted octanol–water partition coefficient (Wildman–Crippen LogP) is 3.11. The number of hydrogen-bond donors (Lipinski definition) is 1. The van der Waals surface area contributed by atoms with Crippen molar-refractivity contribution in [3.8, 4) is 5.75 Å². The van der Waals surface area contributed by atoms with Crippen molar-refractivity contribution in [3.63, 3.8) is 0 Å². The topological polar surface area (TPSA) is 29.5 Å². The summed E-state index contributed by atoms with van der Waals surface area (Å²) in [5.74, 6) is 1.68. The van der Waals surface area contributed by atoms with Crippen molar-refractivity contribution in [1.82, 2.24) is 0 Å². The van der Waals surface area contributed by atoms with Gasteiger partial charge in [-0.3, -0.25) is 0 Å². The molecule has 1 N–H and O–H groups in total. The Bertz CT molecular complexity index is 299. The second kappa shape index (κ2) is 5.90. The number of benzene rings is 1. The molecule has 88 valence electrons. The molecule has 1 aromatic rings. The molecule has 2 heteroatoms. The molecule has 0 spiro atoms. The molecule has 0 heterocycles. The fraction of sp³-hybridized carbons (Fsp3) is 0.571. The van der Waals surface area contributed by atoms with E-state index in [1.165, 1.54) is 31.2 Å². The van der Waals surface area contributed by atoms with Gasteiger partial charge in [-0.25, -0.2) is 0 Å². The Morgan fingerprint density at radius 3 is 2.44 bits per heavy atom. The lowest BCUT2D eigenvalue weighted by Crippen LogP contribution is -2.00. The van der Waals surface area contributed by atoms with Crippen LogP contribution in [0.2, 0.25) is 0 Å². The first-order valence-corrected chi connectivity index (χ1v) is 6.24. The Morgan fingerprint density at radius 1 is 1.12 bits per heavy atom. The molecule has 16 heavy (non-hydrogen) atoms. The molecular formula is C14H20O2. The minimum Gasteiger partial charge on any atom is -0.494 e. The van der Waals surface area contributed by atoms with E-state index in [-0.39, 0.29) is 6.61 Å². The van der Waals surface area contributed by atoms with E-state index in [0.717, 1.165) is 11.7 Å². The second-order valence-corrected chi connectivity index (χ2v) is 4.48. The lowest BCUT2D eigenvalue weighted by Gasteiger charge is -2.10. The maximum Gasteiger partial charge on any atom is 0.119 e. The second-order valence-electron chi connectivity index (χ2n) is 4.48. The van der Waals surface area contributed by atoms with Crippen LogP contribution in [0.4, 0.5) is 0 Å². The van der Waals surface area contributed by atoms with Crippen LogP contribution in [0.3, 0.4) is 0 Å². The minimum atomic E-state index is 0.195. The lowest BCUT2D eigenvalue weighted by atomic mass is 9.98. The molecule has 1 aromatic carbocycles. The quantitative estimate of drug-likeness (QED) is 0.773. The number of aliphatic hydroxyl groups excluding tert-OH is 1. The monoisotopic (exact) mass is 220 g/mol. The molecule has 0 saturated heterocycles. The Kier molecular flexibility index (Phi) is 4.23. The Morgan fingerprint density at radius 2 is 1.81 bits per heavy atom. The van der Waals surface area contributed by atoms with E-state index < -0.39 is 0 Å². The fourth-order valence-electron chi connectivity index (χ4n) is 2.35. The van der Waals surface area contributed by atoms with Crippen LogP contribution in [0.15, 0.2) is 24.3 Å². The van der Waals surface area contributed by atoms with Crippen LogP contribution in [0, 0.1) is 0 Å². The molecule has 0 unspecified atom stereocenters. The van der Waals surface area contributed by atoms with Gasteiger partial charge in [0.2, 0.25) is 0 Å². The van der Waals surface area contributed by atoms with Crippen LogP contribution >= 0.6 is 0 Å². The zero-order valence-corrected chi connectivity index (χ0v) is 9.69. The van der Waals surface area contributed by atoms with Crippen molar-refractivity contribution in [2.75, 3.05) is 13.2 Å². The first-order valence-electron chi connectivity index (χ1n) is 6.24. The van der Waals surface area contributed by atoms with Crippen molar-refractivity contribution in [2.45, 2.75) is 38.0 Å². The summed E-state index contributed by atoms with van der Waals surface area (Å²) >= 11 is 0. The van der Waals surface area contributed by atoms with Crippen molar-refractivity contribution in [3.05, 3.63) is 29.8 Å². The Hall–Kier alpha value is -1.02. The molecule has 0 amide bonds. The summed E-state index contributed by atoms with van der Waals surface area (Å²) < 4.78 is 5.50. The number of rotatable bonds is 5. The third-order valence-corrected chi connectivity index (χ3v) is 3.28. The number of ether oxygens (including phenoxy) is 1. The lowest BCUT2D eigenvalue weighted by molar-refractivity contribution is 0.233. The molecule has 1 aliphatic carbocycles. The van der Waals surface area contributed by atoms with E-state index >= 15 is 0 Å². The van der Waals surface area contributed by atoms with Gasteiger partial charge >= 0.3 is 0 Å². The molecule has 0 aromatic heterocycles. The van der Waals surface area contributed by atoms with E-state index in [1.54, 1.807) is 0 Å². The number of hydrogen-bond acceptors (Lipinski definition) is 2. The van der Waals surface area contributed by atoms with Gasteiger partial charge in [0.25, 0.3) is 0 Å².